The number of urea groups is 1. The molecule has 3 aromatic carbocycles. The van der Waals surface area contributed by atoms with Crippen molar-refractivity contribution < 1.29 is 9.59 Å². The summed E-state index contributed by atoms with van der Waals surface area (Å²) in [7, 11) is 0. The van der Waals surface area contributed by atoms with Crippen LogP contribution in [0.1, 0.15) is 23.2 Å². The zero-order valence-corrected chi connectivity index (χ0v) is 15.6. The topological polar surface area (TPSA) is 61.4 Å². The molecule has 0 radical (unpaired) electrons. The molecular formula is C24H19N3O2. The van der Waals surface area contributed by atoms with E-state index in [4.69, 9.17) is 0 Å². The van der Waals surface area contributed by atoms with Crippen molar-refractivity contribution in [3.8, 4) is 0 Å². The summed E-state index contributed by atoms with van der Waals surface area (Å²) < 4.78 is 0. The summed E-state index contributed by atoms with van der Waals surface area (Å²) in [5, 5.41) is 5.78. The molecule has 2 heterocycles. The van der Waals surface area contributed by atoms with Gasteiger partial charge in [-0.1, -0.05) is 78.9 Å². The van der Waals surface area contributed by atoms with Gasteiger partial charge in [0.2, 0.25) is 0 Å². The van der Waals surface area contributed by atoms with Gasteiger partial charge in [0.15, 0.2) is 0 Å². The van der Waals surface area contributed by atoms with Crippen molar-refractivity contribution in [3.05, 3.63) is 113 Å². The Hall–Kier alpha value is -3.86. The summed E-state index contributed by atoms with van der Waals surface area (Å²) in [5.41, 5.74) is 3.95. The molecule has 2 N–H and O–H groups in total. The van der Waals surface area contributed by atoms with Crippen LogP contribution in [-0.2, 0) is 4.79 Å². The van der Waals surface area contributed by atoms with Crippen LogP contribution >= 0.6 is 0 Å². The lowest BCUT2D eigenvalue weighted by Gasteiger charge is -2.32. The van der Waals surface area contributed by atoms with Gasteiger partial charge in [0, 0.05) is 11.3 Å². The second-order valence-electron chi connectivity index (χ2n) is 7.10. The van der Waals surface area contributed by atoms with Crippen LogP contribution in [0.15, 0.2) is 102 Å². The van der Waals surface area contributed by atoms with Crippen LogP contribution in [0, 0.1) is 0 Å². The molecule has 3 amide bonds. The predicted octanol–water partition coefficient (Wildman–Crippen LogP) is 4.08. The number of carbonyl (C=O) groups is 2. The Morgan fingerprint density at radius 1 is 0.690 bits per heavy atom. The molecule has 5 rings (SSSR count). The molecule has 2 atom stereocenters. The third kappa shape index (κ3) is 2.88. The number of anilines is 1. The Morgan fingerprint density at radius 2 is 1.24 bits per heavy atom. The third-order valence-electron chi connectivity index (χ3n) is 5.38. The maximum atomic E-state index is 13.5. The molecule has 0 saturated heterocycles. The lowest BCUT2D eigenvalue weighted by atomic mass is 9.88. The number of hydrogen-bond donors (Lipinski definition) is 2. The molecule has 29 heavy (non-hydrogen) atoms. The first-order valence-electron chi connectivity index (χ1n) is 9.54. The van der Waals surface area contributed by atoms with Crippen LogP contribution in [0.4, 0.5) is 10.5 Å². The zero-order valence-electron chi connectivity index (χ0n) is 15.6. The van der Waals surface area contributed by atoms with Crippen LogP contribution < -0.4 is 15.5 Å². The molecule has 0 bridgehead atoms. The first-order chi connectivity index (χ1) is 14.2. The Kier molecular flexibility index (Phi) is 4.13. The lowest BCUT2D eigenvalue weighted by molar-refractivity contribution is -0.115. The molecule has 2 unspecified atom stereocenters. The summed E-state index contributed by atoms with van der Waals surface area (Å²) in [6.45, 7) is 0. The minimum atomic E-state index is -0.386. The molecule has 5 heteroatoms. The van der Waals surface area contributed by atoms with Crippen molar-refractivity contribution in [3.63, 3.8) is 0 Å². The molecule has 3 aromatic rings. The maximum Gasteiger partial charge on any atom is 0.320 e. The van der Waals surface area contributed by atoms with Crippen LogP contribution in [0.5, 0.6) is 0 Å². The largest absolute Gasteiger partial charge is 0.327 e. The van der Waals surface area contributed by atoms with E-state index in [-0.39, 0.29) is 24.0 Å². The van der Waals surface area contributed by atoms with Gasteiger partial charge in [-0.25, -0.2) is 4.79 Å². The predicted molar refractivity (Wildman–Crippen MR) is 111 cm³/mol. The number of nitrogens with one attached hydrogen (secondary N) is 2. The average molecular weight is 381 g/mol. The molecular weight excluding hydrogens is 362 g/mol. The quantitative estimate of drug-likeness (QED) is 0.718. The maximum absolute atomic E-state index is 13.5. The van der Waals surface area contributed by atoms with E-state index >= 15 is 0 Å². The molecule has 2 aliphatic rings. The smallest absolute Gasteiger partial charge is 0.320 e. The fraction of sp³-hybridized carbons (Fsp3) is 0.0833. The number of rotatable bonds is 3. The number of hydrogen-bond acceptors (Lipinski definition) is 2. The van der Waals surface area contributed by atoms with E-state index in [0.29, 0.717) is 5.70 Å². The van der Waals surface area contributed by atoms with Crippen molar-refractivity contribution >= 4 is 17.6 Å². The Bertz CT molecular complexity index is 1090. The second kappa shape index (κ2) is 6.95. The van der Waals surface area contributed by atoms with E-state index in [9.17, 15) is 9.59 Å². The summed E-state index contributed by atoms with van der Waals surface area (Å²) in [6.07, 6.45) is 0. The van der Waals surface area contributed by atoms with E-state index in [0.717, 1.165) is 22.4 Å². The first kappa shape index (κ1) is 17.3. The number of carbonyl (C=O) groups excluding carboxylic acids is 2. The lowest BCUT2D eigenvalue weighted by Crippen LogP contribution is -2.44. The van der Waals surface area contributed by atoms with Gasteiger partial charge in [0.05, 0.1) is 12.1 Å². The van der Waals surface area contributed by atoms with Gasteiger partial charge < -0.3 is 10.6 Å². The summed E-state index contributed by atoms with van der Waals surface area (Å²) in [5.74, 6) is -0.198. The molecule has 0 saturated carbocycles. The van der Waals surface area contributed by atoms with Gasteiger partial charge in [-0.05, 0) is 23.3 Å². The van der Waals surface area contributed by atoms with Crippen molar-refractivity contribution in [1.29, 1.82) is 0 Å². The summed E-state index contributed by atoms with van der Waals surface area (Å²) in [6, 6.07) is 28.2. The van der Waals surface area contributed by atoms with Crippen molar-refractivity contribution in [1.82, 2.24) is 10.6 Å². The first-order valence-corrected chi connectivity index (χ1v) is 9.54. The highest BCUT2D eigenvalue weighted by Crippen LogP contribution is 2.46. The monoisotopic (exact) mass is 381 g/mol. The highest BCUT2D eigenvalue weighted by Gasteiger charge is 2.47. The second-order valence-corrected chi connectivity index (χ2v) is 7.10. The number of amides is 3. The van der Waals surface area contributed by atoms with Crippen LogP contribution in [0.25, 0.3) is 0 Å². The Balaban J connectivity index is 1.71. The molecule has 0 aliphatic carbocycles. The highest BCUT2D eigenvalue weighted by molar-refractivity contribution is 6.12. The van der Waals surface area contributed by atoms with Gasteiger partial charge in [-0.3, -0.25) is 9.69 Å². The van der Waals surface area contributed by atoms with Gasteiger partial charge in [-0.2, -0.15) is 0 Å². The van der Waals surface area contributed by atoms with Gasteiger partial charge in [-0.15, -0.1) is 0 Å². The van der Waals surface area contributed by atoms with Crippen LogP contribution in [0.2, 0.25) is 0 Å². The van der Waals surface area contributed by atoms with E-state index in [2.05, 4.69) is 10.6 Å². The molecule has 142 valence electrons. The van der Waals surface area contributed by atoms with E-state index < -0.39 is 0 Å². The van der Waals surface area contributed by atoms with Crippen LogP contribution in [-0.4, -0.2) is 11.9 Å². The fourth-order valence-electron chi connectivity index (χ4n) is 4.15. The number of nitrogens with zero attached hydrogens (tertiary/aromatic N) is 1. The summed E-state index contributed by atoms with van der Waals surface area (Å²) >= 11 is 0. The van der Waals surface area contributed by atoms with Crippen molar-refractivity contribution in [2.75, 3.05) is 4.90 Å². The molecule has 0 fully saturated rings. The Morgan fingerprint density at radius 3 is 1.86 bits per heavy atom. The van der Waals surface area contributed by atoms with E-state index in [1.807, 2.05) is 91.0 Å². The third-order valence-corrected chi connectivity index (χ3v) is 5.38. The summed E-state index contributed by atoms with van der Waals surface area (Å²) in [4.78, 5) is 27.6. The zero-order chi connectivity index (χ0) is 19.8. The fourth-order valence-corrected chi connectivity index (χ4v) is 4.15. The minimum Gasteiger partial charge on any atom is -0.327 e. The van der Waals surface area contributed by atoms with Crippen LogP contribution in [0.3, 0.4) is 0 Å². The van der Waals surface area contributed by atoms with Crippen molar-refractivity contribution in [2.24, 2.45) is 0 Å². The SMILES string of the molecule is O=C1NC2=C(C(c3ccccc3)N1)C(c1ccccc1)N(c1ccccc1)C2=O. The molecule has 5 nitrogen and oxygen atoms in total. The molecule has 0 spiro atoms. The van der Waals surface area contributed by atoms with E-state index in [1.54, 1.807) is 4.90 Å². The van der Waals surface area contributed by atoms with Crippen molar-refractivity contribution in [2.45, 2.75) is 12.1 Å². The number of benzene rings is 3. The molecule has 0 aromatic heterocycles. The molecule has 2 aliphatic heterocycles. The van der Waals surface area contributed by atoms with Gasteiger partial charge in [0.25, 0.3) is 5.91 Å². The normalized spacial score (nSPS) is 20.9. The highest BCUT2D eigenvalue weighted by atomic mass is 16.2. The van der Waals surface area contributed by atoms with E-state index in [1.165, 1.54) is 0 Å². The number of para-hydroxylation sites is 1. The van der Waals surface area contributed by atoms with Gasteiger partial charge >= 0.3 is 6.03 Å². The Labute approximate surface area is 168 Å². The minimum absolute atomic E-state index is 0.198. The standard InChI is InChI=1S/C24H19N3O2/c28-23-21-19(20(25-24(29)26-21)16-10-4-1-5-11-16)22(17-12-6-2-7-13-17)27(23)18-14-8-3-9-15-18/h1-15,20,22H,(H2,25,26,29). The van der Waals surface area contributed by atoms with Gasteiger partial charge in [0.1, 0.15) is 5.70 Å². The average Bonchev–Trinajstić information content (AvgIpc) is 3.07.